The molecule has 6 nitrogen and oxygen atoms in total. The molecule has 0 fully saturated rings. The van der Waals surface area contributed by atoms with Gasteiger partial charge in [-0.15, -0.1) is 35.3 Å². The third-order valence-electron chi connectivity index (χ3n) is 4.21. The number of hydrogen-bond acceptors (Lipinski definition) is 4. The number of thiophene rings is 1. The molecule has 0 aliphatic carbocycles. The second-order valence-corrected chi connectivity index (χ2v) is 9.34. The van der Waals surface area contributed by atoms with Crippen LogP contribution in [-0.4, -0.2) is 38.3 Å². The van der Waals surface area contributed by atoms with Crippen LogP contribution in [0.3, 0.4) is 0 Å². The third-order valence-corrected chi connectivity index (χ3v) is 7.87. The summed E-state index contributed by atoms with van der Waals surface area (Å²) in [5.74, 6) is 0.354. The van der Waals surface area contributed by atoms with Crippen molar-refractivity contribution in [1.82, 2.24) is 4.31 Å². The van der Waals surface area contributed by atoms with E-state index in [1.54, 1.807) is 6.07 Å². The minimum atomic E-state index is -3.39. The molecule has 0 saturated heterocycles. The zero-order valence-corrected chi connectivity index (χ0v) is 20.5. The van der Waals surface area contributed by atoms with Gasteiger partial charge in [0.25, 0.3) is 10.0 Å². The Balaban J connectivity index is 0.00000392. The number of nitrogens with one attached hydrogen (secondary N) is 1. The van der Waals surface area contributed by atoms with Gasteiger partial charge in [-0.3, -0.25) is 4.99 Å². The smallest absolute Gasteiger partial charge is 0.252 e. The van der Waals surface area contributed by atoms with Crippen LogP contribution in [0, 0.1) is 0 Å². The van der Waals surface area contributed by atoms with E-state index in [9.17, 15) is 8.42 Å². The Kier molecular flexibility index (Phi) is 10.4. The highest BCUT2D eigenvalue weighted by molar-refractivity contribution is 14.0. The normalized spacial score (nSPS) is 12.1. The minimum Gasteiger partial charge on any atom is -0.370 e. The summed E-state index contributed by atoms with van der Waals surface area (Å²) in [5.41, 5.74) is 8.10. The Morgan fingerprint density at radius 1 is 1.11 bits per heavy atom. The third kappa shape index (κ3) is 6.71. The summed E-state index contributed by atoms with van der Waals surface area (Å²) in [6.07, 6.45) is 1.65. The predicted molar refractivity (Wildman–Crippen MR) is 129 cm³/mol. The molecule has 1 aromatic carbocycles. The molecule has 3 N–H and O–H groups in total. The number of guanidine groups is 1. The number of aliphatic imine (C=N–C) groups is 1. The molecule has 28 heavy (non-hydrogen) atoms. The van der Waals surface area contributed by atoms with Gasteiger partial charge in [-0.2, -0.15) is 4.31 Å². The molecule has 0 bridgehead atoms. The van der Waals surface area contributed by atoms with Gasteiger partial charge in [0.05, 0.1) is 0 Å². The summed E-state index contributed by atoms with van der Waals surface area (Å²) in [6.45, 7) is 7.24. The van der Waals surface area contributed by atoms with E-state index in [0.29, 0.717) is 36.2 Å². The summed E-state index contributed by atoms with van der Waals surface area (Å²) < 4.78 is 26.9. The lowest BCUT2D eigenvalue weighted by Crippen LogP contribution is -2.29. The molecular formula is C19H29IN4O2S2. The number of anilines is 1. The van der Waals surface area contributed by atoms with E-state index in [-0.39, 0.29) is 24.0 Å². The second-order valence-electron chi connectivity index (χ2n) is 6.00. The van der Waals surface area contributed by atoms with Crippen molar-refractivity contribution in [3.63, 3.8) is 0 Å². The fourth-order valence-corrected chi connectivity index (χ4v) is 5.58. The van der Waals surface area contributed by atoms with Crippen LogP contribution in [-0.2, 0) is 22.9 Å². The topological polar surface area (TPSA) is 87.8 Å². The van der Waals surface area contributed by atoms with Crippen molar-refractivity contribution in [3.8, 4) is 0 Å². The summed E-state index contributed by atoms with van der Waals surface area (Å²) in [6, 6.07) is 11.6. The maximum Gasteiger partial charge on any atom is 0.252 e. The van der Waals surface area contributed by atoms with Gasteiger partial charge in [0.2, 0.25) is 0 Å². The summed E-state index contributed by atoms with van der Waals surface area (Å²) in [5, 5.41) is 3.07. The monoisotopic (exact) mass is 536 g/mol. The van der Waals surface area contributed by atoms with Crippen molar-refractivity contribution >= 4 is 57.0 Å². The second kappa shape index (κ2) is 11.7. The minimum absolute atomic E-state index is 0. The van der Waals surface area contributed by atoms with Crippen molar-refractivity contribution < 1.29 is 8.42 Å². The molecule has 0 aliphatic rings. The number of halogens is 1. The van der Waals surface area contributed by atoms with Crippen molar-refractivity contribution in [1.29, 1.82) is 0 Å². The number of aryl methyl sites for hydroxylation is 1. The highest BCUT2D eigenvalue weighted by atomic mass is 127. The van der Waals surface area contributed by atoms with Gasteiger partial charge in [0, 0.05) is 36.6 Å². The Bertz CT molecular complexity index is 860. The quantitative estimate of drug-likeness (QED) is 0.289. The first kappa shape index (κ1) is 24.9. The average Bonchev–Trinajstić information content (AvgIpc) is 3.13. The zero-order chi connectivity index (χ0) is 19.9. The Hall–Kier alpha value is -1.17. The summed E-state index contributed by atoms with van der Waals surface area (Å²) >= 11 is 1.30. The Morgan fingerprint density at radius 2 is 1.75 bits per heavy atom. The van der Waals surface area contributed by atoms with Crippen LogP contribution in [0.15, 0.2) is 45.6 Å². The largest absolute Gasteiger partial charge is 0.370 e. The van der Waals surface area contributed by atoms with Crippen molar-refractivity contribution in [2.75, 3.05) is 25.0 Å². The van der Waals surface area contributed by atoms with Crippen molar-refractivity contribution in [2.45, 2.75) is 37.8 Å². The lowest BCUT2D eigenvalue weighted by atomic mass is 10.1. The summed E-state index contributed by atoms with van der Waals surface area (Å²) in [4.78, 5) is 5.30. The molecule has 0 saturated carbocycles. The van der Waals surface area contributed by atoms with E-state index in [1.165, 1.54) is 21.2 Å². The van der Waals surface area contributed by atoms with Crippen LogP contribution in [0.1, 0.15) is 31.2 Å². The molecule has 0 amide bonds. The number of benzene rings is 1. The number of sulfonamides is 1. The zero-order valence-electron chi connectivity index (χ0n) is 16.5. The summed E-state index contributed by atoms with van der Waals surface area (Å²) in [7, 11) is -3.39. The average molecular weight is 537 g/mol. The van der Waals surface area contributed by atoms with E-state index in [2.05, 4.69) is 29.4 Å². The molecule has 1 aromatic heterocycles. The van der Waals surface area contributed by atoms with Crippen LogP contribution >= 0.6 is 35.3 Å². The number of rotatable bonds is 9. The van der Waals surface area contributed by atoms with Gasteiger partial charge in [-0.1, -0.05) is 32.9 Å². The Morgan fingerprint density at radius 3 is 2.32 bits per heavy atom. The van der Waals surface area contributed by atoms with Gasteiger partial charge in [0.15, 0.2) is 5.96 Å². The molecule has 0 spiro atoms. The molecule has 0 radical (unpaired) electrons. The molecule has 0 atom stereocenters. The van der Waals surface area contributed by atoms with Gasteiger partial charge in [-0.25, -0.2) is 8.42 Å². The van der Waals surface area contributed by atoms with Gasteiger partial charge >= 0.3 is 0 Å². The van der Waals surface area contributed by atoms with E-state index >= 15 is 0 Å². The predicted octanol–water partition coefficient (Wildman–Crippen LogP) is 3.93. The maximum absolute atomic E-state index is 12.5. The van der Waals surface area contributed by atoms with Crippen molar-refractivity contribution in [2.24, 2.45) is 10.7 Å². The van der Waals surface area contributed by atoms with Gasteiger partial charge in [0.1, 0.15) is 4.21 Å². The highest BCUT2D eigenvalue weighted by Crippen LogP contribution is 2.25. The first-order valence-electron chi connectivity index (χ1n) is 9.15. The number of nitrogens with two attached hydrogens (primary N) is 1. The van der Waals surface area contributed by atoms with E-state index in [1.807, 2.05) is 32.0 Å². The van der Waals surface area contributed by atoms with E-state index in [0.717, 1.165) is 17.0 Å². The van der Waals surface area contributed by atoms with Gasteiger partial charge < -0.3 is 11.1 Å². The SMILES string of the molecule is CCc1ccc(NC(N)=NCCc2ccc(S(=O)(=O)N(CC)CC)s2)cc1.I. The fourth-order valence-electron chi connectivity index (χ4n) is 2.62. The fraction of sp³-hybridized carbons (Fsp3) is 0.421. The first-order chi connectivity index (χ1) is 12.9. The van der Waals surface area contributed by atoms with Crippen molar-refractivity contribution in [3.05, 3.63) is 46.8 Å². The van der Waals surface area contributed by atoms with E-state index in [4.69, 9.17) is 5.73 Å². The molecule has 0 aliphatic heterocycles. The standard InChI is InChI=1S/C19H28N4O2S2.HI/c1-4-15-7-9-16(10-8-15)22-19(20)21-14-13-17-11-12-18(26-17)27(24,25)23(5-2)6-3;/h7-12H,4-6,13-14H2,1-3H3,(H3,20,21,22);1H. The molecular weight excluding hydrogens is 507 g/mol. The molecule has 1 heterocycles. The van der Waals surface area contributed by atoms with Crippen LogP contribution in [0.25, 0.3) is 0 Å². The molecule has 156 valence electrons. The van der Waals surface area contributed by atoms with Crippen LogP contribution in [0.2, 0.25) is 0 Å². The van der Waals surface area contributed by atoms with Crippen LogP contribution in [0.5, 0.6) is 0 Å². The van der Waals surface area contributed by atoms with Gasteiger partial charge in [-0.05, 0) is 36.2 Å². The lowest BCUT2D eigenvalue weighted by molar-refractivity contribution is 0.447. The van der Waals surface area contributed by atoms with Crippen LogP contribution in [0.4, 0.5) is 5.69 Å². The highest BCUT2D eigenvalue weighted by Gasteiger charge is 2.23. The maximum atomic E-state index is 12.5. The molecule has 2 aromatic rings. The molecule has 2 rings (SSSR count). The molecule has 9 heteroatoms. The first-order valence-corrected chi connectivity index (χ1v) is 11.4. The lowest BCUT2D eigenvalue weighted by Gasteiger charge is -2.16. The number of hydrogen-bond donors (Lipinski definition) is 2. The van der Waals surface area contributed by atoms with E-state index < -0.39 is 10.0 Å². The molecule has 0 unspecified atom stereocenters. The van der Waals surface area contributed by atoms with Crippen LogP contribution < -0.4 is 11.1 Å². The Labute approximate surface area is 189 Å². The number of nitrogens with zero attached hydrogens (tertiary/aromatic N) is 2.